The lowest BCUT2D eigenvalue weighted by Gasteiger charge is -2.10. The molecule has 0 aliphatic heterocycles. The number of nitrogens with one attached hydrogen (secondary N) is 1. The number of thiophene rings is 1. The van der Waals surface area contributed by atoms with E-state index in [0.717, 1.165) is 16.7 Å². The zero-order valence-electron chi connectivity index (χ0n) is 18.7. The van der Waals surface area contributed by atoms with Crippen molar-refractivity contribution in [2.45, 2.75) is 20.8 Å². The van der Waals surface area contributed by atoms with Gasteiger partial charge in [0.25, 0.3) is 5.91 Å². The van der Waals surface area contributed by atoms with Gasteiger partial charge in [0, 0.05) is 10.9 Å². The number of rotatable bonds is 9. The second kappa shape index (κ2) is 11.3. The summed E-state index contributed by atoms with van der Waals surface area (Å²) in [6, 6.07) is 14.8. The lowest BCUT2D eigenvalue weighted by molar-refractivity contribution is -0.149. The number of ether oxygens (including phenoxy) is 3. The summed E-state index contributed by atoms with van der Waals surface area (Å²) in [5, 5.41) is 4.76. The van der Waals surface area contributed by atoms with Gasteiger partial charge >= 0.3 is 11.9 Å². The molecule has 0 atom stereocenters. The molecule has 172 valence electrons. The molecule has 1 heterocycles. The third kappa shape index (κ3) is 6.43. The summed E-state index contributed by atoms with van der Waals surface area (Å²) in [5.74, 6) is -1.23. The molecule has 0 spiro atoms. The Balaban J connectivity index is 1.60. The smallest absolute Gasteiger partial charge is 0.344 e. The molecule has 1 N–H and O–H groups in total. The molecule has 0 saturated heterocycles. The molecule has 1 amide bonds. The van der Waals surface area contributed by atoms with Crippen LogP contribution in [0.5, 0.6) is 5.75 Å². The zero-order chi connectivity index (χ0) is 23.8. The van der Waals surface area contributed by atoms with Gasteiger partial charge in [-0.25, -0.2) is 9.59 Å². The molecule has 0 saturated carbocycles. The monoisotopic (exact) mass is 467 g/mol. The Morgan fingerprint density at radius 1 is 0.939 bits per heavy atom. The van der Waals surface area contributed by atoms with Gasteiger partial charge in [-0.1, -0.05) is 36.4 Å². The van der Waals surface area contributed by atoms with E-state index < -0.39 is 24.5 Å². The highest BCUT2D eigenvalue weighted by atomic mass is 32.1. The van der Waals surface area contributed by atoms with Gasteiger partial charge in [0.05, 0.1) is 6.61 Å². The first-order chi connectivity index (χ1) is 15.9. The lowest BCUT2D eigenvalue weighted by atomic mass is 10.0. The van der Waals surface area contributed by atoms with Crippen molar-refractivity contribution < 1.29 is 28.6 Å². The molecule has 1 aromatic heterocycles. The van der Waals surface area contributed by atoms with Crippen molar-refractivity contribution in [1.82, 2.24) is 0 Å². The summed E-state index contributed by atoms with van der Waals surface area (Å²) in [5.41, 5.74) is 3.92. The molecule has 3 rings (SSSR count). The minimum Gasteiger partial charge on any atom is -0.482 e. The molecule has 2 aromatic carbocycles. The summed E-state index contributed by atoms with van der Waals surface area (Å²) in [6.45, 7) is 5.02. The van der Waals surface area contributed by atoms with Crippen LogP contribution in [0.1, 0.15) is 28.4 Å². The summed E-state index contributed by atoms with van der Waals surface area (Å²) in [4.78, 5) is 36.9. The minimum absolute atomic E-state index is 0.203. The van der Waals surface area contributed by atoms with Crippen molar-refractivity contribution in [2.24, 2.45) is 0 Å². The largest absolute Gasteiger partial charge is 0.482 e. The third-order valence-electron chi connectivity index (χ3n) is 4.81. The Kier molecular flexibility index (Phi) is 8.21. The molecule has 0 radical (unpaired) electrons. The van der Waals surface area contributed by atoms with Gasteiger partial charge in [-0.15, -0.1) is 11.3 Å². The van der Waals surface area contributed by atoms with Crippen LogP contribution in [0.25, 0.3) is 11.1 Å². The van der Waals surface area contributed by atoms with E-state index >= 15 is 0 Å². The number of hydrogen-bond acceptors (Lipinski definition) is 7. The van der Waals surface area contributed by atoms with Gasteiger partial charge in [0.2, 0.25) is 0 Å². The van der Waals surface area contributed by atoms with Gasteiger partial charge < -0.3 is 19.5 Å². The Labute approximate surface area is 196 Å². The summed E-state index contributed by atoms with van der Waals surface area (Å²) in [7, 11) is 0. The van der Waals surface area contributed by atoms with Gasteiger partial charge in [-0.2, -0.15) is 0 Å². The van der Waals surface area contributed by atoms with Crippen molar-refractivity contribution in [3.63, 3.8) is 0 Å². The number of hydrogen-bond donors (Lipinski definition) is 1. The fourth-order valence-corrected chi connectivity index (χ4v) is 3.96. The maximum Gasteiger partial charge on any atom is 0.344 e. The van der Waals surface area contributed by atoms with E-state index in [1.165, 1.54) is 11.3 Å². The number of carbonyl (C=O) groups excluding carboxylic acids is 3. The molecule has 7 nitrogen and oxygen atoms in total. The molecule has 0 fully saturated rings. The van der Waals surface area contributed by atoms with E-state index in [-0.39, 0.29) is 18.8 Å². The third-order valence-corrected chi connectivity index (χ3v) is 5.70. The van der Waals surface area contributed by atoms with E-state index in [4.69, 9.17) is 14.2 Å². The minimum atomic E-state index is -0.676. The molecule has 33 heavy (non-hydrogen) atoms. The zero-order valence-corrected chi connectivity index (χ0v) is 19.5. The Morgan fingerprint density at radius 3 is 2.39 bits per heavy atom. The number of anilines is 1. The van der Waals surface area contributed by atoms with Crippen LogP contribution in [-0.4, -0.2) is 37.7 Å². The van der Waals surface area contributed by atoms with Crippen LogP contribution in [0.15, 0.2) is 53.9 Å². The summed E-state index contributed by atoms with van der Waals surface area (Å²) >= 11 is 1.20. The maximum atomic E-state index is 12.6. The topological polar surface area (TPSA) is 90.9 Å². The highest BCUT2D eigenvalue weighted by Crippen LogP contribution is 2.36. The van der Waals surface area contributed by atoms with E-state index in [1.54, 1.807) is 18.4 Å². The summed E-state index contributed by atoms with van der Waals surface area (Å²) in [6.07, 6.45) is 0. The SMILES string of the molecule is CCOC(=O)c1c(-c2ccccc2)csc1NC(=O)COC(=O)COc1ccc(C)c(C)c1. The molecular formula is C25H25NO6S. The number of carbonyl (C=O) groups is 3. The summed E-state index contributed by atoms with van der Waals surface area (Å²) < 4.78 is 15.6. The molecule has 0 unspecified atom stereocenters. The first-order valence-corrected chi connectivity index (χ1v) is 11.3. The fraction of sp³-hybridized carbons (Fsp3) is 0.240. The molecule has 0 bridgehead atoms. The number of benzene rings is 2. The average Bonchev–Trinajstić information content (AvgIpc) is 3.22. The van der Waals surface area contributed by atoms with E-state index in [0.29, 0.717) is 16.3 Å². The van der Waals surface area contributed by atoms with Crippen molar-refractivity contribution in [3.8, 4) is 16.9 Å². The van der Waals surface area contributed by atoms with Crippen LogP contribution in [-0.2, 0) is 19.1 Å². The first kappa shape index (κ1) is 24.0. The number of aryl methyl sites for hydroxylation is 2. The maximum absolute atomic E-state index is 12.6. The standard InChI is InChI=1S/C25H25NO6S/c1-4-30-25(29)23-20(18-8-6-5-7-9-18)15-33-24(23)26-21(27)13-32-22(28)14-31-19-11-10-16(2)17(3)12-19/h5-12,15H,4,13-14H2,1-3H3,(H,26,27). The van der Waals surface area contributed by atoms with Gasteiger partial charge in [-0.3, -0.25) is 4.79 Å². The van der Waals surface area contributed by atoms with Crippen LogP contribution >= 0.6 is 11.3 Å². The Hall–Kier alpha value is -3.65. The highest BCUT2D eigenvalue weighted by Gasteiger charge is 2.23. The van der Waals surface area contributed by atoms with Gasteiger partial charge in [-0.05, 0) is 49.6 Å². The van der Waals surface area contributed by atoms with Crippen molar-refractivity contribution in [3.05, 3.63) is 70.6 Å². The predicted molar refractivity (Wildman–Crippen MR) is 127 cm³/mol. The fourth-order valence-electron chi connectivity index (χ4n) is 2.98. The van der Waals surface area contributed by atoms with Crippen molar-refractivity contribution in [1.29, 1.82) is 0 Å². The van der Waals surface area contributed by atoms with Crippen molar-refractivity contribution >= 4 is 34.2 Å². The molecular weight excluding hydrogens is 442 g/mol. The number of esters is 2. The first-order valence-electron chi connectivity index (χ1n) is 10.4. The van der Waals surface area contributed by atoms with Gasteiger partial charge in [0.1, 0.15) is 16.3 Å². The Bertz CT molecular complexity index is 1140. The molecule has 8 heteroatoms. The normalized spacial score (nSPS) is 10.4. The van der Waals surface area contributed by atoms with Crippen LogP contribution < -0.4 is 10.1 Å². The van der Waals surface area contributed by atoms with Crippen LogP contribution in [0.2, 0.25) is 0 Å². The average molecular weight is 468 g/mol. The Morgan fingerprint density at radius 2 is 1.70 bits per heavy atom. The molecule has 0 aliphatic carbocycles. The highest BCUT2D eigenvalue weighted by molar-refractivity contribution is 7.15. The molecule has 3 aromatic rings. The second-order valence-corrected chi connectivity index (χ2v) is 8.06. The van der Waals surface area contributed by atoms with Crippen LogP contribution in [0, 0.1) is 13.8 Å². The van der Waals surface area contributed by atoms with E-state index in [9.17, 15) is 14.4 Å². The van der Waals surface area contributed by atoms with E-state index in [2.05, 4.69) is 5.32 Å². The van der Waals surface area contributed by atoms with Crippen LogP contribution in [0.3, 0.4) is 0 Å². The quantitative estimate of drug-likeness (QED) is 0.456. The van der Waals surface area contributed by atoms with Gasteiger partial charge in [0.15, 0.2) is 13.2 Å². The number of amides is 1. The second-order valence-electron chi connectivity index (χ2n) is 7.18. The predicted octanol–water partition coefficient (Wildman–Crippen LogP) is 4.77. The lowest BCUT2D eigenvalue weighted by Crippen LogP contribution is -2.24. The van der Waals surface area contributed by atoms with Crippen LogP contribution in [0.4, 0.5) is 5.00 Å². The van der Waals surface area contributed by atoms with Crippen molar-refractivity contribution in [2.75, 3.05) is 25.1 Å². The van der Waals surface area contributed by atoms with E-state index in [1.807, 2.05) is 56.3 Å². The molecule has 0 aliphatic rings.